The van der Waals surface area contributed by atoms with Gasteiger partial charge in [0.2, 0.25) is 0 Å². The minimum atomic E-state index is -0.746. The molecule has 1 aliphatic rings. The van der Waals surface area contributed by atoms with Crippen molar-refractivity contribution in [3.8, 4) is 0 Å². The van der Waals surface area contributed by atoms with Crippen LogP contribution >= 0.6 is 12.2 Å². The van der Waals surface area contributed by atoms with Crippen LogP contribution in [-0.4, -0.2) is 38.6 Å². The van der Waals surface area contributed by atoms with E-state index in [-0.39, 0.29) is 16.9 Å². The molecule has 0 unspecified atom stereocenters. The first-order valence-electron chi connectivity index (χ1n) is 5.29. The zero-order valence-corrected chi connectivity index (χ0v) is 10.1. The summed E-state index contributed by atoms with van der Waals surface area (Å²) in [5.74, 6) is 0. The van der Waals surface area contributed by atoms with Crippen LogP contribution in [0.25, 0.3) is 0 Å². The second-order valence-electron chi connectivity index (χ2n) is 4.11. The van der Waals surface area contributed by atoms with Gasteiger partial charge in [-0.25, -0.2) is 0 Å². The highest BCUT2D eigenvalue weighted by Crippen LogP contribution is 2.28. The zero-order chi connectivity index (χ0) is 12.6. The molecule has 94 valence electrons. The third kappa shape index (κ3) is 2.32. The Hall–Kier alpha value is -1.02. The lowest BCUT2D eigenvalue weighted by atomic mass is 10.2. The summed E-state index contributed by atoms with van der Waals surface area (Å²) < 4.78 is 7.16. The quantitative estimate of drug-likeness (QED) is 0.642. The first-order valence-corrected chi connectivity index (χ1v) is 5.70. The number of aromatic nitrogens is 2. The van der Waals surface area contributed by atoms with Crippen LogP contribution in [-0.2, 0) is 4.74 Å². The van der Waals surface area contributed by atoms with Crippen LogP contribution in [0.15, 0.2) is 11.0 Å². The van der Waals surface area contributed by atoms with Gasteiger partial charge in [0, 0.05) is 18.2 Å². The summed E-state index contributed by atoms with van der Waals surface area (Å²) in [6, 6.07) is 0. The summed E-state index contributed by atoms with van der Waals surface area (Å²) in [4.78, 5) is 13.8. The molecule has 0 spiro atoms. The fourth-order valence-electron chi connectivity index (χ4n) is 1.87. The molecule has 7 heteroatoms. The molecule has 2 heterocycles. The molecular weight excluding hydrogens is 244 g/mol. The summed E-state index contributed by atoms with van der Waals surface area (Å²) in [5, 5.41) is 18.8. The Balaban J connectivity index is 2.38. The van der Waals surface area contributed by atoms with E-state index in [2.05, 4.69) is 4.98 Å². The van der Waals surface area contributed by atoms with E-state index in [1.165, 1.54) is 4.57 Å². The number of hydrogen-bond donors (Lipinski definition) is 3. The predicted molar refractivity (Wildman–Crippen MR) is 62.2 cm³/mol. The van der Waals surface area contributed by atoms with Gasteiger partial charge >= 0.3 is 0 Å². The smallest absolute Gasteiger partial charge is 0.254 e. The van der Waals surface area contributed by atoms with Gasteiger partial charge in [-0.05, 0) is 19.1 Å². The van der Waals surface area contributed by atoms with Gasteiger partial charge in [-0.3, -0.25) is 14.3 Å². The normalized spacial score (nSPS) is 28.5. The number of nitrogens with one attached hydrogen (secondary N) is 1. The van der Waals surface area contributed by atoms with Gasteiger partial charge in [0.25, 0.3) is 5.56 Å². The molecule has 2 rings (SSSR count). The second kappa shape index (κ2) is 4.69. The molecule has 0 radical (unpaired) electrons. The van der Waals surface area contributed by atoms with Crippen LogP contribution in [0.2, 0.25) is 0 Å². The van der Waals surface area contributed by atoms with Crippen molar-refractivity contribution in [2.75, 3.05) is 6.61 Å². The van der Waals surface area contributed by atoms with Crippen molar-refractivity contribution in [1.29, 1.82) is 0 Å². The van der Waals surface area contributed by atoms with Crippen molar-refractivity contribution in [2.24, 2.45) is 0 Å². The maximum absolute atomic E-state index is 11.3. The minimum absolute atomic E-state index is 0.150. The summed E-state index contributed by atoms with van der Waals surface area (Å²) in [6.07, 6.45) is 0.0964. The molecule has 1 fully saturated rings. The first-order chi connectivity index (χ1) is 8.02. The molecular formula is C10H14N2O4S. The summed E-state index contributed by atoms with van der Waals surface area (Å²) >= 11 is 5.02. The minimum Gasteiger partial charge on any atom is -0.394 e. The molecule has 0 saturated carbocycles. The van der Waals surface area contributed by atoms with E-state index < -0.39 is 18.4 Å². The molecule has 3 atom stereocenters. The number of aryl methyl sites for hydroxylation is 1. The van der Waals surface area contributed by atoms with E-state index in [1.54, 1.807) is 13.1 Å². The average molecular weight is 258 g/mol. The molecule has 3 N–H and O–H groups in total. The van der Waals surface area contributed by atoms with E-state index in [0.29, 0.717) is 12.0 Å². The van der Waals surface area contributed by atoms with E-state index >= 15 is 0 Å². The Bertz CT molecular complexity index is 524. The third-order valence-corrected chi connectivity index (χ3v) is 3.10. The van der Waals surface area contributed by atoms with Crippen molar-refractivity contribution in [2.45, 2.75) is 31.8 Å². The fraction of sp³-hybridized carbons (Fsp3) is 0.600. The van der Waals surface area contributed by atoms with E-state index in [9.17, 15) is 9.90 Å². The number of H-pyrrole nitrogens is 1. The van der Waals surface area contributed by atoms with Gasteiger partial charge in [-0.2, -0.15) is 0 Å². The van der Waals surface area contributed by atoms with Crippen LogP contribution in [0.1, 0.15) is 18.2 Å². The van der Waals surface area contributed by atoms with Gasteiger partial charge < -0.3 is 14.9 Å². The van der Waals surface area contributed by atoms with Crippen LogP contribution in [0, 0.1) is 11.7 Å². The van der Waals surface area contributed by atoms with Gasteiger partial charge in [-0.15, -0.1) is 0 Å². The molecule has 1 aliphatic heterocycles. The highest BCUT2D eigenvalue weighted by atomic mass is 32.1. The van der Waals surface area contributed by atoms with Gasteiger partial charge in [0.15, 0.2) is 11.0 Å². The lowest BCUT2D eigenvalue weighted by Crippen LogP contribution is -2.24. The van der Waals surface area contributed by atoms with Crippen molar-refractivity contribution in [1.82, 2.24) is 9.55 Å². The van der Waals surface area contributed by atoms with Crippen molar-refractivity contribution >= 4 is 12.2 Å². The van der Waals surface area contributed by atoms with Crippen molar-refractivity contribution in [3.05, 3.63) is 26.9 Å². The molecule has 0 bridgehead atoms. The van der Waals surface area contributed by atoms with E-state index in [0.717, 1.165) is 0 Å². The summed E-state index contributed by atoms with van der Waals surface area (Å²) in [6.45, 7) is 1.50. The largest absolute Gasteiger partial charge is 0.394 e. The Morgan fingerprint density at radius 2 is 2.41 bits per heavy atom. The van der Waals surface area contributed by atoms with Crippen LogP contribution in [0.4, 0.5) is 0 Å². The topological polar surface area (TPSA) is 87.5 Å². The van der Waals surface area contributed by atoms with Gasteiger partial charge in [0.1, 0.15) is 6.10 Å². The van der Waals surface area contributed by atoms with Gasteiger partial charge in [-0.1, -0.05) is 0 Å². The fourth-order valence-corrected chi connectivity index (χ4v) is 2.12. The average Bonchev–Trinajstić information content (AvgIpc) is 2.65. The Kier molecular flexibility index (Phi) is 3.43. The number of ether oxygens (including phenoxy) is 1. The highest BCUT2D eigenvalue weighted by Gasteiger charge is 2.34. The highest BCUT2D eigenvalue weighted by molar-refractivity contribution is 7.71. The molecule has 17 heavy (non-hydrogen) atoms. The van der Waals surface area contributed by atoms with E-state index in [1.807, 2.05) is 0 Å². The molecule has 1 aromatic heterocycles. The zero-order valence-electron chi connectivity index (χ0n) is 9.29. The van der Waals surface area contributed by atoms with Crippen molar-refractivity contribution in [3.63, 3.8) is 0 Å². The first kappa shape index (κ1) is 12.4. The standard InChI is InChI=1S/C10H14N2O4S/c1-5-3-12(10(17)11-8(5)15)9-7(14)2-6(4-13)16-9/h3,6-7,9,13-14H,2,4H2,1H3,(H,11,15,17)/t6-,7+,9+/m0/s1. The van der Waals surface area contributed by atoms with Crippen LogP contribution in [0.3, 0.4) is 0 Å². The molecule has 6 nitrogen and oxygen atoms in total. The summed E-state index contributed by atoms with van der Waals surface area (Å²) in [5.41, 5.74) is 0.235. The third-order valence-electron chi connectivity index (χ3n) is 2.79. The lowest BCUT2D eigenvalue weighted by Gasteiger charge is -2.18. The number of rotatable bonds is 2. The maximum atomic E-state index is 11.3. The Morgan fingerprint density at radius 1 is 1.71 bits per heavy atom. The van der Waals surface area contributed by atoms with Crippen LogP contribution in [0.5, 0.6) is 0 Å². The van der Waals surface area contributed by atoms with Crippen LogP contribution < -0.4 is 5.56 Å². The number of aliphatic hydroxyl groups excluding tert-OH is 2. The Labute approximate surface area is 102 Å². The second-order valence-corrected chi connectivity index (χ2v) is 4.50. The van der Waals surface area contributed by atoms with E-state index in [4.69, 9.17) is 22.1 Å². The Morgan fingerprint density at radius 3 is 3.00 bits per heavy atom. The SMILES string of the molecule is Cc1cn([C@@H]2O[C@H](CO)C[C@H]2O)c(=S)[nH]c1=O. The summed E-state index contributed by atoms with van der Waals surface area (Å²) in [7, 11) is 0. The lowest BCUT2D eigenvalue weighted by molar-refractivity contribution is -0.0521. The number of nitrogens with zero attached hydrogens (tertiary/aromatic N) is 1. The number of aliphatic hydroxyl groups is 2. The van der Waals surface area contributed by atoms with Gasteiger partial charge in [0.05, 0.1) is 12.7 Å². The maximum Gasteiger partial charge on any atom is 0.254 e. The monoisotopic (exact) mass is 258 g/mol. The predicted octanol–water partition coefficient (Wildman–Crippen LogP) is -0.145. The molecule has 1 saturated heterocycles. The molecule has 0 aromatic carbocycles. The molecule has 0 aliphatic carbocycles. The van der Waals surface area contributed by atoms with Crippen molar-refractivity contribution < 1.29 is 14.9 Å². The molecule has 1 aromatic rings. The number of aromatic amines is 1. The molecule has 0 amide bonds. The number of hydrogen-bond acceptors (Lipinski definition) is 5.